The molecule has 3 rings (SSSR count). The summed E-state index contributed by atoms with van der Waals surface area (Å²) in [5.74, 6) is -3.31. The summed E-state index contributed by atoms with van der Waals surface area (Å²) in [4.78, 5) is 12.1. The number of carbonyl (C=O) groups excluding carboxylic acids is 1. The number of ether oxygens (including phenoxy) is 1. The summed E-state index contributed by atoms with van der Waals surface area (Å²) in [5.41, 5.74) is 1.29. The molecule has 0 aliphatic rings. The van der Waals surface area contributed by atoms with Gasteiger partial charge < -0.3 is 9.84 Å². The van der Waals surface area contributed by atoms with E-state index in [0.717, 1.165) is 5.56 Å². The number of halogens is 2. The van der Waals surface area contributed by atoms with Crippen molar-refractivity contribution in [3.63, 3.8) is 0 Å². The van der Waals surface area contributed by atoms with Crippen LogP contribution < -0.4 is 0 Å². The van der Waals surface area contributed by atoms with Crippen LogP contribution in [0.25, 0.3) is 11.1 Å². The Balaban J connectivity index is 1.83. The molecule has 0 saturated carbocycles. The second-order valence-corrected chi connectivity index (χ2v) is 5.71. The van der Waals surface area contributed by atoms with Gasteiger partial charge in [0.05, 0.1) is 12.2 Å². The van der Waals surface area contributed by atoms with Gasteiger partial charge in [-0.3, -0.25) is 0 Å². The fourth-order valence-corrected chi connectivity index (χ4v) is 2.57. The van der Waals surface area contributed by atoms with Crippen LogP contribution in [0.5, 0.6) is 0 Å². The first-order valence-corrected chi connectivity index (χ1v) is 7.99. The van der Waals surface area contributed by atoms with Gasteiger partial charge in [-0.15, -0.1) is 0 Å². The molecular formula is C21H16F2O3. The number of rotatable bonds is 5. The van der Waals surface area contributed by atoms with E-state index in [0.29, 0.717) is 11.1 Å². The maximum atomic E-state index is 14.5. The smallest absolute Gasteiger partial charge is 0.341 e. The average Bonchev–Trinajstić information content (AvgIpc) is 2.69. The molecule has 0 heterocycles. The highest BCUT2D eigenvalue weighted by atomic mass is 19.2. The van der Waals surface area contributed by atoms with Gasteiger partial charge in [-0.05, 0) is 28.8 Å². The highest BCUT2D eigenvalue weighted by molar-refractivity contribution is 5.90. The van der Waals surface area contributed by atoms with E-state index >= 15 is 0 Å². The Kier molecular flexibility index (Phi) is 5.39. The van der Waals surface area contributed by atoms with Crippen molar-refractivity contribution < 1.29 is 23.4 Å². The van der Waals surface area contributed by atoms with Crippen LogP contribution >= 0.6 is 0 Å². The number of hydrogen-bond acceptors (Lipinski definition) is 3. The highest BCUT2D eigenvalue weighted by Crippen LogP contribution is 2.27. The summed E-state index contributed by atoms with van der Waals surface area (Å²) in [6, 6.07) is 17.9. The summed E-state index contributed by atoms with van der Waals surface area (Å²) >= 11 is 0. The van der Waals surface area contributed by atoms with E-state index in [2.05, 4.69) is 0 Å². The summed E-state index contributed by atoms with van der Waals surface area (Å²) in [5, 5.41) is 9.17. The largest absolute Gasteiger partial charge is 0.457 e. The van der Waals surface area contributed by atoms with E-state index < -0.39 is 23.2 Å². The summed E-state index contributed by atoms with van der Waals surface area (Å²) in [7, 11) is 0. The number of hydrogen-bond donors (Lipinski definition) is 1. The molecule has 132 valence electrons. The van der Waals surface area contributed by atoms with E-state index in [1.807, 2.05) is 6.07 Å². The molecule has 5 heteroatoms. The molecule has 0 aliphatic heterocycles. The minimum atomic E-state index is -1.25. The molecule has 0 radical (unpaired) electrons. The molecule has 0 aromatic heterocycles. The lowest BCUT2D eigenvalue weighted by atomic mass is 10.0. The van der Waals surface area contributed by atoms with Gasteiger partial charge in [-0.2, -0.15) is 0 Å². The summed E-state index contributed by atoms with van der Waals surface area (Å²) < 4.78 is 33.9. The Bertz CT molecular complexity index is 924. The Morgan fingerprint density at radius 1 is 0.885 bits per heavy atom. The molecule has 1 N–H and O–H groups in total. The summed E-state index contributed by atoms with van der Waals surface area (Å²) in [6.07, 6.45) is 0. The maximum Gasteiger partial charge on any atom is 0.341 e. The molecule has 0 saturated heterocycles. The zero-order valence-corrected chi connectivity index (χ0v) is 13.8. The first-order valence-electron chi connectivity index (χ1n) is 7.99. The van der Waals surface area contributed by atoms with Crippen LogP contribution in [0.15, 0.2) is 66.7 Å². The molecule has 0 atom stereocenters. The molecule has 0 bridgehead atoms. The second kappa shape index (κ2) is 7.89. The number of aliphatic hydroxyl groups excluding tert-OH is 1. The average molecular weight is 354 g/mol. The number of benzene rings is 3. The van der Waals surface area contributed by atoms with Gasteiger partial charge in [0.2, 0.25) is 0 Å². The first kappa shape index (κ1) is 17.8. The second-order valence-electron chi connectivity index (χ2n) is 5.71. The van der Waals surface area contributed by atoms with E-state index in [4.69, 9.17) is 4.74 Å². The third kappa shape index (κ3) is 3.78. The van der Waals surface area contributed by atoms with Crippen molar-refractivity contribution in [3.8, 4) is 11.1 Å². The summed E-state index contributed by atoms with van der Waals surface area (Å²) in [6.45, 7) is -0.233. The zero-order valence-electron chi connectivity index (χ0n) is 13.8. The van der Waals surface area contributed by atoms with Gasteiger partial charge in [-0.1, -0.05) is 54.6 Å². The highest BCUT2D eigenvalue weighted by Gasteiger charge is 2.20. The Hall–Kier alpha value is -3.05. The first-order chi connectivity index (χ1) is 12.6. The van der Waals surface area contributed by atoms with E-state index in [1.165, 1.54) is 12.1 Å². The van der Waals surface area contributed by atoms with Crippen molar-refractivity contribution in [2.75, 3.05) is 0 Å². The van der Waals surface area contributed by atoms with Crippen LogP contribution in [-0.2, 0) is 18.0 Å². The standard InChI is InChI=1S/C21H16F2O3/c22-19-17(16-8-4-7-15(11-16)12-24)9-10-18(20(19)23)21(25)26-13-14-5-2-1-3-6-14/h1-11,24H,12-13H2. The maximum absolute atomic E-state index is 14.5. The number of aliphatic hydroxyl groups is 1. The SMILES string of the molecule is O=C(OCc1ccccc1)c1ccc(-c2cccc(CO)c2)c(F)c1F. The van der Waals surface area contributed by atoms with Gasteiger partial charge in [0.15, 0.2) is 11.6 Å². The molecular weight excluding hydrogens is 338 g/mol. The molecule has 0 unspecified atom stereocenters. The molecule has 3 aromatic rings. The predicted molar refractivity (Wildman–Crippen MR) is 93.3 cm³/mol. The Labute approximate surface area is 149 Å². The van der Waals surface area contributed by atoms with Crippen molar-refractivity contribution in [1.82, 2.24) is 0 Å². The number of esters is 1. The normalized spacial score (nSPS) is 10.6. The topological polar surface area (TPSA) is 46.5 Å². The van der Waals surface area contributed by atoms with Crippen LogP contribution in [0.3, 0.4) is 0 Å². The van der Waals surface area contributed by atoms with Crippen LogP contribution in [0.4, 0.5) is 8.78 Å². The van der Waals surface area contributed by atoms with E-state index in [9.17, 15) is 18.7 Å². The van der Waals surface area contributed by atoms with Crippen LogP contribution in [0, 0.1) is 11.6 Å². The number of carbonyl (C=O) groups is 1. The monoisotopic (exact) mass is 354 g/mol. The minimum Gasteiger partial charge on any atom is -0.457 e. The molecule has 3 aromatic carbocycles. The third-order valence-electron chi connectivity index (χ3n) is 3.94. The van der Waals surface area contributed by atoms with Crippen molar-refractivity contribution >= 4 is 5.97 Å². The lowest BCUT2D eigenvalue weighted by Gasteiger charge is -2.10. The molecule has 3 nitrogen and oxygen atoms in total. The van der Waals surface area contributed by atoms with Gasteiger partial charge in [-0.25, -0.2) is 13.6 Å². The van der Waals surface area contributed by atoms with Gasteiger partial charge in [0.25, 0.3) is 0 Å². The lowest BCUT2D eigenvalue weighted by Crippen LogP contribution is -2.09. The van der Waals surface area contributed by atoms with Crippen molar-refractivity contribution in [3.05, 3.63) is 95.1 Å². The molecule has 0 amide bonds. The van der Waals surface area contributed by atoms with E-state index in [-0.39, 0.29) is 18.8 Å². The lowest BCUT2D eigenvalue weighted by molar-refractivity contribution is 0.0466. The molecule has 0 aliphatic carbocycles. The third-order valence-corrected chi connectivity index (χ3v) is 3.94. The van der Waals surface area contributed by atoms with Crippen LogP contribution in [0.1, 0.15) is 21.5 Å². The van der Waals surface area contributed by atoms with Crippen molar-refractivity contribution in [1.29, 1.82) is 0 Å². The zero-order chi connectivity index (χ0) is 18.5. The van der Waals surface area contributed by atoms with Crippen molar-refractivity contribution in [2.45, 2.75) is 13.2 Å². The van der Waals surface area contributed by atoms with E-state index in [1.54, 1.807) is 48.5 Å². The van der Waals surface area contributed by atoms with Gasteiger partial charge in [0.1, 0.15) is 6.61 Å². The van der Waals surface area contributed by atoms with Crippen molar-refractivity contribution in [2.24, 2.45) is 0 Å². The van der Waals surface area contributed by atoms with Gasteiger partial charge >= 0.3 is 5.97 Å². The van der Waals surface area contributed by atoms with Crippen LogP contribution in [0.2, 0.25) is 0 Å². The Morgan fingerprint density at radius 3 is 2.35 bits per heavy atom. The fourth-order valence-electron chi connectivity index (χ4n) is 2.57. The van der Waals surface area contributed by atoms with Gasteiger partial charge in [0, 0.05) is 5.56 Å². The Morgan fingerprint density at radius 2 is 1.62 bits per heavy atom. The predicted octanol–water partition coefficient (Wildman–Crippen LogP) is 4.48. The molecule has 0 fully saturated rings. The van der Waals surface area contributed by atoms with Crippen LogP contribution in [-0.4, -0.2) is 11.1 Å². The fraction of sp³-hybridized carbons (Fsp3) is 0.0952. The quantitative estimate of drug-likeness (QED) is 0.687. The minimum absolute atomic E-state index is 0.0115. The molecule has 0 spiro atoms. The molecule has 26 heavy (non-hydrogen) atoms.